The van der Waals surface area contributed by atoms with Crippen LogP contribution in [0.4, 0.5) is 0 Å². The molecule has 19 heavy (non-hydrogen) atoms. The third kappa shape index (κ3) is 2.62. The molecule has 1 heterocycles. The fourth-order valence-corrected chi connectivity index (χ4v) is 3.88. The molecular formula is C16H13NOSe. The Bertz CT molecular complexity index is 749. The molecule has 3 heteroatoms. The van der Waals surface area contributed by atoms with E-state index in [1.54, 1.807) is 0 Å². The molecule has 1 N–H and O–H groups in total. The summed E-state index contributed by atoms with van der Waals surface area (Å²) in [5.41, 5.74) is 2.37. The van der Waals surface area contributed by atoms with Crippen LogP contribution in [0.1, 0.15) is 5.56 Å². The van der Waals surface area contributed by atoms with Crippen molar-refractivity contribution in [3.05, 3.63) is 76.6 Å². The fourth-order valence-electron chi connectivity index (χ4n) is 1.99. The number of nitrogens with one attached hydrogen (secondary N) is 1. The van der Waals surface area contributed by atoms with Crippen molar-refractivity contribution in [3.63, 3.8) is 0 Å². The molecule has 0 fully saturated rings. The molecule has 94 valence electrons. The number of hydrogen-bond donors (Lipinski definition) is 1. The molecule has 2 aromatic carbocycles. The average Bonchev–Trinajstić information content (AvgIpc) is 2.48. The molecular weight excluding hydrogens is 301 g/mol. The van der Waals surface area contributed by atoms with Gasteiger partial charge in [0.2, 0.25) is 0 Å². The van der Waals surface area contributed by atoms with Gasteiger partial charge >= 0.3 is 117 Å². The van der Waals surface area contributed by atoms with Crippen molar-refractivity contribution in [2.45, 2.75) is 5.32 Å². The van der Waals surface area contributed by atoms with Gasteiger partial charge in [0.05, 0.1) is 0 Å². The number of benzene rings is 2. The van der Waals surface area contributed by atoms with Gasteiger partial charge in [0.15, 0.2) is 0 Å². The molecule has 0 spiro atoms. The van der Waals surface area contributed by atoms with Crippen molar-refractivity contribution in [2.24, 2.45) is 0 Å². The maximum atomic E-state index is 12.3. The van der Waals surface area contributed by atoms with Crippen LogP contribution in [-0.4, -0.2) is 19.9 Å². The Kier molecular flexibility index (Phi) is 3.49. The predicted molar refractivity (Wildman–Crippen MR) is 80.1 cm³/mol. The van der Waals surface area contributed by atoms with E-state index >= 15 is 0 Å². The number of hydrogen-bond acceptors (Lipinski definition) is 1. The van der Waals surface area contributed by atoms with Crippen molar-refractivity contribution in [2.75, 3.05) is 0 Å². The van der Waals surface area contributed by atoms with Crippen LogP contribution in [0.15, 0.2) is 65.6 Å². The monoisotopic (exact) mass is 315 g/mol. The first-order valence-corrected chi connectivity index (χ1v) is 8.18. The van der Waals surface area contributed by atoms with E-state index < -0.39 is 0 Å². The summed E-state index contributed by atoms with van der Waals surface area (Å²) in [6, 6.07) is 18.0. The van der Waals surface area contributed by atoms with Gasteiger partial charge in [0.1, 0.15) is 0 Å². The average molecular weight is 314 g/mol. The number of aromatic nitrogens is 1. The standard InChI is InChI=1S/C16H13NOSe/c18-16-13-8-4-5-9-14(13)17-10-15(16)19-11-12-6-2-1-3-7-12/h1-10H,11H2,(H,17,18). The number of para-hydroxylation sites is 1. The van der Waals surface area contributed by atoms with Gasteiger partial charge in [0, 0.05) is 0 Å². The zero-order valence-corrected chi connectivity index (χ0v) is 12.0. The van der Waals surface area contributed by atoms with Gasteiger partial charge in [-0.15, -0.1) is 0 Å². The molecule has 1 aromatic heterocycles. The van der Waals surface area contributed by atoms with E-state index in [0.29, 0.717) is 0 Å². The zero-order valence-electron chi connectivity index (χ0n) is 10.3. The van der Waals surface area contributed by atoms with E-state index in [4.69, 9.17) is 0 Å². The topological polar surface area (TPSA) is 32.9 Å². The van der Waals surface area contributed by atoms with Gasteiger partial charge in [0.25, 0.3) is 0 Å². The van der Waals surface area contributed by atoms with Crippen LogP contribution in [0.2, 0.25) is 0 Å². The summed E-state index contributed by atoms with van der Waals surface area (Å²) in [5, 5.41) is 1.74. The Morgan fingerprint density at radius 2 is 1.68 bits per heavy atom. The number of rotatable bonds is 3. The van der Waals surface area contributed by atoms with Gasteiger partial charge in [-0.25, -0.2) is 0 Å². The van der Waals surface area contributed by atoms with Gasteiger partial charge in [-0.1, -0.05) is 0 Å². The summed E-state index contributed by atoms with van der Waals surface area (Å²) >= 11 is 0.166. The van der Waals surface area contributed by atoms with E-state index in [-0.39, 0.29) is 20.4 Å². The van der Waals surface area contributed by atoms with Gasteiger partial charge in [-0.3, -0.25) is 0 Å². The molecule has 3 rings (SSSR count). The molecule has 0 bridgehead atoms. The summed E-state index contributed by atoms with van der Waals surface area (Å²) < 4.78 is 0.912. The second-order valence-electron chi connectivity index (χ2n) is 4.30. The minimum absolute atomic E-state index is 0.166. The van der Waals surface area contributed by atoms with Gasteiger partial charge < -0.3 is 0 Å². The van der Waals surface area contributed by atoms with E-state index in [9.17, 15) is 4.79 Å². The van der Waals surface area contributed by atoms with Crippen molar-refractivity contribution in [1.29, 1.82) is 0 Å². The Morgan fingerprint density at radius 1 is 0.947 bits per heavy atom. The molecule has 0 aliphatic heterocycles. The quantitative estimate of drug-likeness (QED) is 0.738. The van der Waals surface area contributed by atoms with Crippen LogP contribution in [0, 0.1) is 0 Å². The van der Waals surface area contributed by atoms with E-state index in [0.717, 1.165) is 20.7 Å². The third-order valence-corrected chi connectivity index (χ3v) is 5.28. The molecule has 3 aromatic rings. The fraction of sp³-hybridized carbons (Fsp3) is 0.0625. The Balaban J connectivity index is 1.90. The van der Waals surface area contributed by atoms with E-state index in [2.05, 4.69) is 17.1 Å². The van der Waals surface area contributed by atoms with Crippen LogP contribution in [0.3, 0.4) is 0 Å². The molecule has 2 nitrogen and oxygen atoms in total. The van der Waals surface area contributed by atoms with Crippen LogP contribution in [-0.2, 0) is 5.32 Å². The Hall–Kier alpha value is -1.83. The maximum absolute atomic E-state index is 12.3. The molecule has 0 saturated heterocycles. The zero-order chi connectivity index (χ0) is 13.1. The second kappa shape index (κ2) is 5.43. The summed E-state index contributed by atoms with van der Waals surface area (Å²) in [6.45, 7) is 0. The van der Waals surface area contributed by atoms with E-state index in [1.807, 2.05) is 48.7 Å². The van der Waals surface area contributed by atoms with Crippen molar-refractivity contribution < 1.29 is 0 Å². The first-order valence-electron chi connectivity index (χ1n) is 6.12. The van der Waals surface area contributed by atoms with E-state index in [1.165, 1.54) is 5.56 Å². The van der Waals surface area contributed by atoms with Gasteiger partial charge in [-0.2, -0.15) is 0 Å². The van der Waals surface area contributed by atoms with Crippen molar-refractivity contribution in [3.8, 4) is 0 Å². The van der Waals surface area contributed by atoms with Crippen LogP contribution in [0.25, 0.3) is 10.9 Å². The first-order chi connectivity index (χ1) is 9.34. The SMILES string of the molecule is O=c1c([Se]Cc2ccccc2)c[nH]c2ccccc12. The normalized spacial score (nSPS) is 10.7. The minimum atomic E-state index is 0.166. The molecule has 0 amide bonds. The second-order valence-corrected chi connectivity index (χ2v) is 6.44. The number of fused-ring (bicyclic) bond motifs is 1. The Labute approximate surface area is 117 Å². The number of aromatic amines is 1. The molecule has 0 saturated carbocycles. The van der Waals surface area contributed by atoms with Crippen molar-refractivity contribution >= 4 is 30.3 Å². The summed E-state index contributed by atoms with van der Waals surface area (Å²) in [6.07, 6.45) is 1.87. The molecule has 0 radical (unpaired) electrons. The molecule has 0 aliphatic carbocycles. The summed E-state index contributed by atoms with van der Waals surface area (Å²) in [7, 11) is 0. The Morgan fingerprint density at radius 3 is 2.53 bits per heavy atom. The number of H-pyrrole nitrogens is 1. The van der Waals surface area contributed by atoms with Gasteiger partial charge in [-0.05, 0) is 0 Å². The predicted octanol–water partition coefficient (Wildman–Crippen LogP) is 2.06. The third-order valence-electron chi connectivity index (χ3n) is 2.99. The van der Waals surface area contributed by atoms with Crippen molar-refractivity contribution in [1.82, 2.24) is 4.98 Å². The molecule has 0 aliphatic rings. The van der Waals surface area contributed by atoms with Crippen LogP contribution in [0.5, 0.6) is 0 Å². The number of pyridine rings is 1. The summed E-state index contributed by atoms with van der Waals surface area (Å²) in [4.78, 5) is 15.6. The molecule has 0 atom stereocenters. The first kappa shape index (κ1) is 12.2. The molecule has 0 unspecified atom stereocenters. The summed E-state index contributed by atoms with van der Waals surface area (Å²) in [5.74, 6) is 0. The van der Waals surface area contributed by atoms with Crippen LogP contribution < -0.4 is 9.89 Å². The van der Waals surface area contributed by atoms with Crippen LogP contribution >= 0.6 is 0 Å².